The Morgan fingerprint density at radius 2 is 2.00 bits per heavy atom. The van der Waals surface area contributed by atoms with Crippen LogP contribution in [0.5, 0.6) is 0 Å². The Hall–Kier alpha value is -1.47. The Morgan fingerprint density at radius 1 is 1.29 bits per heavy atom. The molecule has 7 heteroatoms. The van der Waals surface area contributed by atoms with Crippen LogP contribution in [-0.2, 0) is 6.18 Å². The Bertz CT molecular complexity index is 490. The number of benzene rings is 1. The van der Waals surface area contributed by atoms with E-state index in [1.165, 1.54) is 6.07 Å². The summed E-state index contributed by atoms with van der Waals surface area (Å²) in [5, 5.41) is 3.15. The zero-order valence-corrected chi connectivity index (χ0v) is 12.2. The van der Waals surface area contributed by atoms with Crippen molar-refractivity contribution in [1.82, 2.24) is 9.80 Å². The first-order chi connectivity index (χ1) is 9.77. The highest BCUT2D eigenvalue weighted by Gasteiger charge is 2.31. The highest BCUT2D eigenvalue weighted by atomic mass is 19.4. The highest BCUT2D eigenvalue weighted by Crippen LogP contribution is 2.32. The smallest absolute Gasteiger partial charge is 0.397 e. The van der Waals surface area contributed by atoms with E-state index in [2.05, 4.69) is 29.2 Å². The third kappa shape index (κ3) is 4.01. The molecule has 4 nitrogen and oxygen atoms in total. The second-order valence-electron chi connectivity index (χ2n) is 5.58. The fourth-order valence-electron chi connectivity index (χ4n) is 2.45. The van der Waals surface area contributed by atoms with E-state index in [0.717, 1.165) is 31.8 Å². The van der Waals surface area contributed by atoms with Crippen LogP contribution in [0.3, 0.4) is 0 Å². The molecule has 0 aromatic heterocycles. The lowest BCUT2D eigenvalue weighted by Gasteiger charge is -2.38. The van der Waals surface area contributed by atoms with Crippen LogP contribution in [0.15, 0.2) is 18.2 Å². The molecule has 1 saturated heterocycles. The Labute approximate surface area is 122 Å². The van der Waals surface area contributed by atoms with Crippen molar-refractivity contribution in [2.45, 2.75) is 12.2 Å². The van der Waals surface area contributed by atoms with Gasteiger partial charge in [0.15, 0.2) is 0 Å². The molecule has 1 atom stereocenters. The van der Waals surface area contributed by atoms with Crippen LogP contribution in [0.2, 0.25) is 0 Å². The number of nitrogen functional groups attached to an aromatic ring is 1. The van der Waals surface area contributed by atoms with E-state index in [1.54, 1.807) is 0 Å². The van der Waals surface area contributed by atoms with Crippen LogP contribution in [0.4, 0.5) is 24.5 Å². The molecular formula is C14H21F3N4. The van der Waals surface area contributed by atoms with Crippen molar-refractivity contribution in [3.05, 3.63) is 23.8 Å². The number of likely N-dealkylation sites (N-methyl/N-ethyl adjacent to an activating group) is 2. The summed E-state index contributed by atoms with van der Waals surface area (Å²) >= 11 is 0. The summed E-state index contributed by atoms with van der Waals surface area (Å²) in [6.45, 7) is 3.57. The van der Waals surface area contributed by atoms with E-state index in [4.69, 9.17) is 5.73 Å². The van der Waals surface area contributed by atoms with Gasteiger partial charge in [-0.2, -0.15) is 13.2 Å². The van der Waals surface area contributed by atoms with Gasteiger partial charge < -0.3 is 16.0 Å². The third-order valence-corrected chi connectivity index (χ3v) is 3.89. The molecule has 1 aliphatic heterocycles. The Morgan fingerprint density at radius 3 is 2.62 bits per heavy atom. The van der Waals surface area contributed by atoms with E-state index >= 15 is 0 Å². The van der Waals surface area contributed by atoms with Gasteiger partial charge in [0.25, 0.3) is 0 Å². The maximum Gasteiger partial charge on any atom is 0.416 e. The van der Waals surface area contributed by atoms with Crippen LogP contribution >= 0.6 is 0 Å². The van der Waals surface area contributed by atoms with Gasteiger partial charge in [0, 0.05) is 32.2 Å². The lowest BCUT2D eigenvalue weighted by Crippen LogP contribution is -2.52. The molecule has 1 heterocycles. The second kappa shape index (κ2) is 6.11. The molecule has 21 heavy (non-hydrogen) atoms. The number of nitrogens with two attached hydrogens (primary N) is 1. The minimum Gasteiger partial charge on any atom is -0.397 e. The summed E-state index contributed by atoms with van der Waals surface area (Å²) in [6, 6.07) is 3.73. The summed E-state index contributed by atoms with van der Waals surface area (Å²) in [6.07, 6.45) is -4.36. The summed E-state index contributed by atoms with van der Waals surface area (Å²) in [5.41, 5.74) is 5.65. The first kappa shape index (κ1) is 15.9. The predicted molar refractivity (Wildman–Crippen MR) is 78.3 cm³/mol. The first-order valence-electron chi connectivity index (χ1n) is 6.87. The van der Waals surface area contributed by atoms with E-state index in [0.29, 0.717) is 18.3 Å². The lowest BCUT2D eigenvalue weighted by atomic mass is 10.1. The van der Waals surface area contributed by atoms with Crippen molar-refractivity contribution in [2.24, 2.45) is 0 Å². The van der Waals surface area contributed by atoms with Gasteiger partial charge in [0.1, 0.15) is 0 Å². The fourth-order valence-corrected chi connectivity index (χ4v) is 2.45. The van der Waals surface area contributed by atoms with Crippen LogP contribution in [0.25, 0.3) is 0 Å². The van der Waals surface area contributed by atoms with E-state index in [9.17, 15) is 13.2 Å². The monoisotopic (exact) mass is 302 g/mol. The SMILES string of the molecule is CN1CCN(C)C(CNc2ccc(C(F)(F)F)cc2N)C1. The molecule has 1 aromatic carbocycles. The third-order valence-electron chi connectivity index (χ3n) is 3.89. The number of nitrogens with zero attached hydrogens (tertiary/aromatic N) is 2. The van der Waals surface area contributed by atoms with Gasteiger partial charge in [-0.25, -0.2) is 0 Å². The zero-order valence-electron chi connectivity index (χ0n) is 12.2. The quantitative estimate of drug-likeness (QED) is 0.838. The first-order valence-corrected chi connectivity index (χ1v) is 6.87. The normalized spacial score (nSPS) is 21.5. The molecule has 118 valence electrons. The van der Waals surface area contributed by atoms with Crippen LogP contribution in [-0.4, -0.2) is 56.1 Å². The summed E-state index contributed by atoms with van der Waals surface area (Å²) < 4.78 is 37.7. The molecule has 0 spiro atoms. The number of piperazine rings is 1. The predicted octanol–water partition coefficient (Wildman–Crippen LogP) is 1.95. The van der Waals surface area contributed by atoms with Gasteiger partial charge in [0.2, 0.25) is 0 Å². The van der Waals surface area contributed by atoms with Crippen molar-refractivity contribution < 1.29 is 13.2 Å². The molecule has 0 saturated carbocycles. The van der Waals surface area contributed by atoms with Gasteiger partial charge in [-0.1, -0.05) is 0 Å². The largest absolute Gasteiger partial charge is 0.416 e. The zero-order chi connectivity index (χ0) is 15.6. The maximum atomic E-state index is 12.6. The van der Waals surface area contributed by atoms with Gasteiger partial charge in [-0.15, -0.1) is 0 Å². The molecule has 1 aromatic rings. The second-order valence-corrected chi connectivity index (χ2v) is 5.58. The molecular weight excluding hydrogens is 281 g/mol. The summed E-state index contributed by atoms with van der Waals surface area (Å²) in [7, 11) is 4.11. The van der Waals surface area contributed by atoms with Gasteiger partial charge in [-0.3, -0.25) is 4.90 Å². The molecule has 0 amide bonds. The molecule has 2 rings (SSSR count). The summed E-state index contributed by atoms with van der Waals surface area (Å²) in [5.74, 6) is 0. The van der Waals surface area contributed by atoms with Crippen LogP contribution < -0.4 is 11.1 Å². The van der Waals surface area contributed by atoms with E-state index < -0.39 is 11.7 Å². The molecule has 1 aliphatic rings. The Balaban J connectivity index is 2.00. The topological polar surface area (TPSA) is 44.5 Å². The van der Waals surface area contributed by atoms with Gasteiger partial charge in [0.05, 0.1) is 16.9 Å². The lowest BCUT2D eigenvalue weighted by molar-refractivity contribution is -0.137. The fraction of sp³-hybridized carbons (Fsp3) is 0.571. The van der Waals surface area contributed by atoms with Crippen LogP contribution in [0, 0.1) is 0 Å². The van der Waals surface area contributed by atoms with Gasteiger partial charge >= 0.3 is 6.18 Å². The van der Waals surface area contributed by atoms with Crippen LogP contribution in [0.1, 0.15) is 5.56 Å². The molecule has 1 fully saturated rings. The number of halogens is 3. The molecule has 1 unspecified atom stereocenters. The van der Waals surface area contributed by atoms with E-state index in [-0.39, 0.29) is 5.69 Å². The average molecular weight is 302 g/mol. The number of alkyl halides is 3. The number of hydrogen-bond donors (Lipinski definition) is 2. The van der Waals surface area contributed by atoms with Crippen molar-refractivity contribution in [1.29, 1.82) is 0 Å². The van der Waals surface area contributed by atoms with Crippen molar-refractivity contribution in [3.63, 3.8) is 0 Å². The minimum atomic E-state index is -4.36. The maximum absolute atomic E-state index is 12.6. The number of anilines is 2. The van der Waals surface area contributed by atoms with Crippen molar-refractivity contribution >= 4 is 11.4 Å². The van der Waals surface area contributed by atoms with E-state index in [1.807, 2.05) is 0 Å². The Kier molecular flexibility index (Phi) is 4.63. The molecule has 0 bridgehead atoms. The van der Waals surface area contributed by atoms with Gasteiger partial charge in [-0.05, 0) is 32.3 Å². The van der Waals surface area contributed by atoms with Crippen molar-refractivity contribution in [2.75, 3.05) is 51.3 Å². The highest BCUT2D eigenvalue weighted by molar-refractivity contribution is 5.67. The summed E-state index contributed by atoms with van der Waals surface area (Å²) in [4.78, 5) is 4.48. The molecule has 3 N–H and O–H groups in total. The molecule has 0 radical (unpaired) electrons. The van der Waals surface area contributed by atoms with Crippen molar-refractivity contribution in [3.8, 4) is 0 Å². The number of hydrogen-bond acceptors (Lipinski definition) is 4. The molecule has 0 aliphatic carbocycles. The average Bonchev–Trinajstić information content (AvgIpc) is 2.40. The minimum absolute atomic E-state index is 0.122. The number of rotatable bonds is 3. The number of nitrogens with one attached hydrogen (secondary N) is 1. The standard InChI is InChI=1S/C14H21F3N4/c1-20-5-6-21(2)11(9-20)8-19-13-4-3-10(7-12(13)18)14(15,16)17/h3-4,7,11,19H,5-6,8-9,18H2,1-2H3.